The van der Waals surface area contributed by atoms with Gasteiger partial charge in [0.1, 0.15) is 36.7 Å². The van der Waals surface area contributed by atoms with Crippen molar-refractivity contribution in [3.05, 3.63) is 47.7 Å². The summed E-state index contributed by atoms with van der Waals surface area (Å²) in [5.74, 6) is 3.43. The summed E-state index contributed by atoms with van der Waals surface area (Å²) in [4.78, 5) is 21.7. The molecule has 2 aromatic heterocycles. The molecule has 4 aromatic rings. The minimum atomic E-state index is -2.23. The average molecular weight is 711 g/mol. The first-order valence-electron chi connectivity index (χ1n) is 18.9. The van der Waals surface area contributed by atoms with Crippen molar-refractivity contribution in [2.24, 2.45) is 0 Å². The fourth-order valence-electron chi connectivity index (χ4n) is 9.66. The third kappa shape index (κ3) is 6.04. The number of aromatic hydroxyl groups is 1. The van der Waals surface area contributed by atoms with Gasteiger partial charge in [-0.1, -0.05) is 53.5 Å². The van der Waals surface area contributed by atoms with E-state index in [1.807, 2.05) is 0 Å². The molecule has 1 N–H and O–H groups in total. The number of fused-ring (bicyclic) bond motifs is 2. The van der Waals surface area contributed by atoms with Crippen molar-refractivity contribution in [1.82, 2.24) is 19.9 Å². The smallest absolute Gasteiger partial charge is 0.228 e. The summed E-state index contributed by atoms with van der Waals surface area (Å²) in [6.45, 7) is 17.7. The summed E-state index contributed by atoms with van der Waals surface area (Å²) >= 11 is 0. The van der Waals surface area contributed by atoms with Crippen molar-refractivity contribution < 1.29 is 13.9 Å². The summed E-state index contributed by atoms with van der Waals surface area (Å²) in [5.41, 5.74) is 5.53. The van der Waals surface area contributed by atoms with Crippen LogP contribution in [-0.4, -0.2) is 78.3 Å². The Labute approximate surface area is 302 Å². The Kier molecular flexibility index (Phi) is 9.51. The maximum atomic E-state index is 17.3. The van der Waals surface area contributed by atoms with Gasteiger partial charge in [-0.05, 0) is 92.3 Å². The predicted molar refractivity (Wildman–Crippen MR) is 207 cm³/mol. The Hall–Kier alpha value is -3.81. The van der Waals surface area contributed by atoms with Crippen LogP contribution < -0.4 is 9.80 Å². The van der Waals surface area contributed by atoms with Crippen molar-refractivity contribution in [3.8, 4) is 28.5 Å². The molecule has 0 bridgehead atoms. The average Bonchev–Trinajstić information content (AvgIpc) is 3.70. The highest BCUT2D eigenvalue weighted by atomic mass is 28.3. The van der Waals surface area contributed by atoms with Crippen LogP contribution in [0.3, 0.4) is 0 Å². The van der Waals surface area contributed by atoms with Gasteiger partial charge in [-0.2, -0.15) is 4.98 Å². The standard InChI is InChI=1S/C41H52F2N6OSi/c1-26(2)51(27(3)4,28(5)6)21-14-31-34(42)13-12-29-22-30(50)23-32(35(29)31)37-36(43)38-33(24-44-37)39(48-18-9-8-10-19-48)46-40(45-38)49-20-16-41(25-49)15-11-17-47(41)7/h12-13,22-24,26-28,50H,8-11,15-20,25H2,1-7H3. The number of likely N-dealkylation sites (tertiary alicyclic amines) is 1. The Balaban J connectivity index is 1.43. The highest BCUT2D eigenvalue weighted by molar-refractivity contribution is 6.90. The van der Waals surface area contributed by atoms with Gasteiger partial charge in [0.25, 0.3) is 0 Å². The zero-order valence-corrected chi connectivity index (χ0v) is 32.3. The van der Waals surface area contributed by atoms with Crippen molar-refractivity contribution in [3.63, 3.8) is 0 Å². The van der Waals surface area contributed by atoms with E-state index in [-0.39, 0.29) is 28.1 Å². The molecule has 3 aliphatic heterocycles. The van der Waals surface area contributed by atoms with Gasteiger partial charge < -0.3 is 14.9 Å². The lowest BCUT2D eigenvalue weighted by Gasteiger charge is -2.38. The van der Waals surface area contributed by atoms with E-state index in [2.05, 4.69) is 74.8 Å². The molecule has 3 saturated heterocycles. The zero-order chi connectivity index (χ0) is 36.2. The van der Waals surface area contributed by atoms with Gasteiger partial charge in [0.15, 0.2) is 5.82 Å². The minimum absolute atomic E-state index is 0.0137. The largest absolute Gasteiger partial charge is 0.508 e. The summed E-state index contributed by atoms with van der Waals surface area (Å²) < 4.78 is 33.3. The third-order valence-electron chi connectivity index (χ3n) is 12.4. The molecule has 270 valence electrons. The Morgan fingerprint density at radius 2 is 1.59 bits per heavy atom. The molecule has 0 radical (unpaired) electrons. The van der Waals surface area contributed by atoms with Gasteiger partial charge in [-0.3, -0.25) is 9.88 Å². The lowest BCUT2D eigenvalue weighted by atomic mass is 9.95. The minimum Gasteiger partial charge on any atom is -0.508 e. The molecule has 0 saturated carbocycles. The van der Waals surface area contributed by atoms with Crippen LogP contribution in [0.1, 0.15) is 85.6 Å². The highest BCUT2D eigenvalue weighted by Crippen LogP contribution is 2.43. The van der Waals surface area contributed by atoms with E-state index in [9.17, 15) is 5.11 Å². The van der Waals surface area contributed by atoms with Gasteiger partial charge in [0.05, 0.1) is 10.9 Å². The van der Waals surface area contributed by atoms with Crippen LogP contribution in [0.4, 0.5) is 20.5 Å². The first kappa shape index (κ1) is 35.6. The van der Waals surface area contributed by atoms with Gasteiger partial charge in [-0.25, -0.2) is 13.8 Å². The van der Waals surface area contributed by atoms with Crippen LogP contribution in [0.25, 0.3) is 32.9 Å². The van der Waals surface area contributed by atoms with E-state index in [1.54, 1.807) is 18.3 Å². The number of anilines is 2. The fraction of sp³-hybridized carbons (Fsp3) is 0.537. The summed E-state index contributed by atoms with van der Waals surface area (Å²) in [6, 6.07) is 6.07. The third-order valence-corrected chi connectivity index (χ3v) is 18.7. The number of nitrogens with zero attached hydrogens (tertiary/aromatic N) is 6. The van der Waals surface area contributed by atoms with Crippen molar-refractivity contribution in [2.45, 2.75) is 102 Å². The Morgan fingerprint density at radius 3 is 2.25 bits per heavy atom. The molecule has 51 heavy (non-hydrogen) atoms. The topological polar surface area (TPSA) is 68.6 Å². The molecular weight excluding hydrogens is 659 g/mol. The molecule has 10 heteroatoms. The number of halogens is 2. The van der Waals surface area contributed by atoms with Gasteiger partial charge in [0.2, 0.25) is 5.95 Å². The maximum Gasteiger partial charge on any atom is 0.228 e. The molecule has 1 atom stereocenters. The number of hydrogen-bond acceptors (Lipinski definition) is 7. The van der Waals surface area contributed by atoms with Gasteiger partial charge in [0, 0.05) is 48.9 Å². The quantitative estimate of drug-likeness (QED) is 0.158. The highest BCUT2D eigenvalue weighted by Gasteiger charge is 2.45. The van der Waals surface area contributed by atoms with Gasteiger partial charge >= 0.3 is 0 Å². The van der Waals surface area contributed by atoms with E-state index in [0.717, 1.165) is 64.8 Å². The normalized spacial score (nSPS) is 20.2. The number of piperidine rings is 1. The monoisotopic (exact) mass is 710 g/mol. The zero-order valence-electron chi connectivity index (χ0n) is 31.3. The number of phenolic OH excluding ortho intramolecular Hbond substituents is 1. The predicted octanol–water partition coefficient (Wildman–Crippen LogP) is 9.06. The molecule has 0 aliphatic carbocycles. The lowest BCUT2D eigenvalue weighted by molar-refractivity contribution is 0.198. The first-order chi connectivity index (χ1) is 24.4. The summed E-state index contributed by atoms with van der Waals surface area (Å²) in [7, 11) is -0.0298. The van der Waals surface area contributed by atoms with Crippen molar-refractivity contribution >= 4 is 41.5 Å². The van der Waals surface area contributed by atoms with Crippen LogP contribution in [-0.2, 0) is 0 Å². The van der Waals surface area contributed by atoms with Crippen LogP contribution in [0, 0.1) is 23.1 Å². The molecule has 7 rings (SSSR count). The number of aromatic nitrogens is 3. The van der Waals surface area contributed by atoms with Crippen molar-refractivity contribution in [2.75, 3.05) is 49.6 Å². The number of likely N-dealkylation sites (N-methyl/N-ethyl adjacent to an activating group) is 1. The molecule has 5 heterocycles. The van der Waals surface area contributed by atoms with Crippen LogP contribution in [0.2, 0.25) is 16.6 Å². The fourth-order valence-corrected chi connectivity index (χ4v) is 14.9. The lowest BCUT2D eigenvalue weighted by Crippen LogP contribution is -2.44. The van der Waals surface area contributed by atoms with E-state index in [4.69, 9.17) is 15.0 Å². The molecule has 3 aliphatic rings. The Morgan fingerprint density at radius 1 is 0.863 bits per heavy atom. The van der Waals surface area contributed by atoms with Crippen LogP contribution in [0.15, 0.2) is 30.5 Å². The molecule has 2 aromatic carbocycles. The molecule has 0 amide bonds. The summed E-state index contributed by atoms with van der Waals surface area (Å²) in [5, 5.41) is 12.5. The second-order valence-electron chi connectivity index (χ2n) is 16.2. The Bertz CT molecular complexity index is 2010. The second-order valence-corrected chi connectivity index (χ2v) is 21.7. The van der Waals surface area contributed by atoms with E-state index < -0.39 is 19.7 Å². The number of pyridine rings is 1. The molecular formula is C41H52F2N6OSi. The molecule has 3 fully saturated rings. The summed E-state index contributed by atoms with van der Waals surface area (Å²) in [6.07, 6.45) is 8.24. The van der Waals surface area contributed by atoms with E-state index in [1.165, 1.54) is 18.6 Å². The number of hydrogen-bond donors (Lipinski definition) is 1. The number of benzene rings is 2. The number of rotatable bonds is 6. The van der Waals surface area contributed by atoms with E-state index >= 15 is 8.78 Å². The van der Waals surface area contributed by atoms with E-state index in [0.29, 0.717) is 50.1 Å². The number of phenols is 1. The molecule has 1 spiro atoms. The maximum absolute atomic E-state index is 17.3. The SMILES string of the molecule is CC(C)[Si](C#Cc1c(F)ccc2cc(O)cc(-c3ncc4c(N5CCCCC5)nc(N5CCC6(CCCN6C)C5)nc4c3F)c12)(C(C)C)C(C)C. The second kappa shape index (κ2) is 13.6. The van der Waals surface area contributed by atoms with Crippen molar-refractivity contribution in [1.29, 1.82) is 0 Å². The van der Waals surface area contributed by atoms with Gasteiger partial charge in [-0.15, -0.1) is 5.54 Å². The molecule has 7 nitrogen and oxygen atoms in total. The molecule has 1 unspecified atom stereocenters. The van der Waals surface area contributed by atoms with Crippen LogP contribution >= 0.6 is 0 Å². The first-order valence-corrected chi connectivity index (χ1v) is 21.2. The van der Waals surface area contributed by atoms with Crippen LogP contribution in [0.5, 0.6) is 5.75 Å².